The Morgan fingerprint density at radius 3 is 2.62 bits per heavy atom. The SMILES string of the molecule is Cc1cn(-c2cccc3[nH]c(-c4n[nH]c5ccc(-c6cncc(NC(=O)c7ccccc7)c6)cc45)cc23)cn1. The zero-order valence-electron chi connectivity index (χ0n) is 21.0. The van der Waals surface area contributed by atoms with Crippen molar-refractivity contribution in [3.8, 4) is 28.2 Å². The Morgan fingerprint density at radius 1 is 0.872 bits per heavy atom. The van der Waals surface area contributed by atoms with Crippen LogP contribution in [0.1, 0.15) is 16.1 Å². The summed E-state index contributed by atoms with van der Waals surface area (Å²) >= 11 is 0. The lowest BCUT2D eigenvalue weighted by Gasteiger charge is -2.08. The van der Waals surface area contributed by atoms with E-state index in [0.717, 1.165) is 55.7 Å². The van der Waals surface area contributed by atoms with Gasteiger partial charge in [0.05, 0.1) is 40.8 Å². The lowest BCUT2D eigenvalue weighted by Crippen LogP contribution is -2.11. The number of anilines is 1. The highest BCUT2D eigenvalue weighted by atomic mass is 16.1. The summed E-state index contributed by atoms with van der Waals surface area (Å²) in [6, 6.07) is 25.5. The maximum absolute atomic E-state index is 12.6. The Balaban J connectivity index is 1.25. The molecule has 0 aliphatic carbocycles. The van der Waals surface area contributed by atoms with Gasteiger partial charge in [-0.25, -0.2) is 4.98 Å². The summed E-state index contributed by atoms with van der Waals surface area (Å²) in [6.07, 6.45) is 7.29. The largest absolute Gasteiger partial charge is 0.353 e. The highest BCUT2D eigenvalue weighted by molar-refractivity contribution is 6.04. The number of aromatic nitrogens is 6. The molecular formula is C31H23N7O. The molecule has 0 saturated carbocycles. The summed E-state index contributed by atoms with van der Waals surface area (Å²) in [5, 5.41) is 12.8. The van der Waals surface area contributed by atoms with Crippen molar-refractivity contribution in [3.05, 3.63) is 115 Å². The van der Waals surface area contributed by atoms with Crippen molar-refractivity contribution in [2.75, 3.05) is 5.32 Å². The van der Waals surface area contributed by atoms with Crippen LogP contribution in [0.5, 0.6) is 0 Å². The third kappa shape index (κ3) is 4.14. The highest BCUT2D eigenvalue weighted by Gasteiger charge is 2.15. The number of carbonyl (C=O) groups excluding carboxylic acids is 1. The second-order valence-corrected chi connectivity index (χ2v) is 9.46. The summed E-state index contributed by atoms with van der Waals surface area (Å²) in [6.45, 7) is 1.98. The van der Waals surface area contributed by atoms with Crippen molar-refractivity contribution in [1.29, 1.82) is 0 Å². The lowest BCUT2D eigenvalue weighted by molar-refractivity contribution is 0.102. The maximum atomic E-state index is 12.6. The van der Waals surface area contributed by atoms with Crippen molar-refractivity contribution in [3.63, 3.8) is 0 Å². The second-order valence-electron chi connectivity index (χ2n) is 9.46. The predicted molar refractivity (Wildman–Crippen MR) is 153 cm³/mol. The minimum atomic E-state index is -0.175. The molecule has 0 aliphatic rings. The molecule has 0 saturated heterocycles. The molecule has 8 nitrogen and oxygen atoms in total. The molecule has 7 aromatic rings. The van der Waals surface area contributed by atoms with Gasteiger partial charge in [0.2, 0.25) is 0 Å². The zero-order valence-corrected chi connectivity index (χ0v) is 21.0. The van der Waals surface area contributed by atoms with Crippen LogP contribution in [0.3, 0.4) is 0 Å². The highest BCUT2D eigenvalue weighted by Crippen LogP contribution is 2.33. The maximum Gasteiger partial charge on any atom is 0.255 e. The molecule has 0 spiro atoms. The summed E-state index contributed by atoms with van der Waals surface area (Å²) in [7, 11) is 0. The first-order chi connectivity index (χ1) is 19.1. The summed E-state index contributed by atoms with van der Waals surface area (Å²) < 4.78 is 2.03. The molecule has 0 aliphatic heterocycles. The number of nitrogens with one attached hydrogen (secondary N) is 3. The molecule has 7 rings (SSSR count). The van der Waals surface area contributed by atoms with Gasteiger partial charge in [-0.15, -0.1) is 0 Å². The van der Waals surface area contributed by atoms with E-state index in [-0.39, 0.29) is 5.91 Å². The predicted octanol–water partition coefficient (Wildman–Crippen LogP) is 6.52. The second kappa shape index (κ2) is 9.11. The third-order valence-electron chi connectivity index (χ3n) is 6.81. The van der Waals surface area contributed by atoms with Gasteiger partial charge < -0.3 is 14.9 Å². The molecule has 39 heavy (non-hydrogen) atoms. The lowest BCUT2D eigenvalue weighted by atomic mass is 10.0. The number of fused-ring (bicyclic) bond motifs is 2. The smallest absolute Gasteiger partial charge is 0.255 e. The molecule has 3 aromatic carbocycles. The summed E-state index contributed by atoms with van der Waals surface area (Å²) in [5.41, 5.74) is 8.80. The van der Waals surface area contributed by atoms with E-state index in [2.05, 4.69) is 54.7 Å². The van der Waals surface area contributed by atoms with Gasteiger partial charge >= 0.3 is 0 Å². The minimum Gasteiger partial charge on any atom is -0.353 e. The molecule has 8 heteroatoms. The van der Waals surface area contributed by atoms with Crippen LogP contribution in [0.25, 0.3) is 50.0 Å². The number of hydrogen-bond donors (Lipinski definition) is 3. The Labute approximate surface area is 223 Å². The number of rotatable bonds is 5. The fourth-order valence-electron chi connectivity index (χ4n) is 4.90. The first kappa shape index (κ1) is 22.7. The van der Waals surface area contributed by atoms with E-state index in [1.807, 2.05) is 66.5 Å². The molecule has 4 heterocycles. The molecule has 0 atom stereocenters. The zero-order chi connectivity index (χ0) is 26.3. The number of imidazole rings is 1. The van der Waals surface area contributed by atoms with Gasteiger partial charge in [0, 0.05) is 39.8 Å². The van der Waals surface area contributed by atoms with Crippen molar-refractivity contribution in [1.82, 2.24) is 29.7 Å². The molecular weight excluding hydrogens is 486 g/mol. The van der Waals surface area contributed by atoms with Gasteiger partial charge in [-0.3, -0.25) is 14.9 Å². The van der Waals surface area contributed by atoms with Crippen molar-refractivity contribution >= 4 is 33.4 Å². The monoisotopic (exact) mass is 509 g/mol. The van der Waals surface area contributed by atoms with Crippen molar-refractivity contribution in [2.24, 2.45) is 0 Å². The molecule has 3 N–H and O–H groups in total. The Bertz CT molecular complexity index is 1980. The molecule has 0 bridgehead atoms. The molecule has 0 radical (unpaired) electrons. The van der Waals surface area contributed by atoms with Crippen molar-refractivity contribution in [2.45, 2.75) is 6.92 Å². The van der Waals surface area contributed by atoms with Crippen LogP contribution in [0.4, 0.5) is 5.69 Å². The fourth-order valence-corrected chi connectivity index (χ4v) is 4.90. The number of aromatic amines is 2. The summed E-state index contributed by atoms with van der Waals surface area (Å²) in [5.74, 6) is -0.175. The van der Waals surface area contributed by atoms with Crippen LogP contribution < -0.4 is 5.32 Å². The van der Waals surface area contributed by atoms with E-state index < -0.39 is 0 Å². The van der Waals surface area contributed by atoms with Gasteiger partial charge in [0.15, 0.2) is 0 Å². The normalized spacial score (nSPS) is 11.3. The van der Waals surface area contributed by atoms with Crippen LogP contribution in [-0.4, -0.2) is 35.6 Å². The summed E-state index contributed by atoms with van der Waals surface area (Å²) in [4.78, 5) is 24.9. The minimum absolute atomic E-state index is 0.175. The first-order valence-corrected chi connectivity index (χ1v) is 12.6. The molecule has 1 amide bonds. The quantitative estimate of drug-likeness (QED) is 0.246. The van der Waals surface area contributed by atoms with Gasteiger partial charge in [0.25, 0.3) is 5.91 Å². The third-order valence-corrected chi connectivity index (χ3v) is 6.81. The molecule has 0 fully saturated rings. The van der Waals surface area contributed by atoms with E-state index >= 15 is 0 Å². The fraction of sp³-hybridized carbons (Fsp3) is 0.0323. The number of pyridine rings is 1. The Morgan fingerprint density at radius 2 is 1.77 bits per heavy atom. The average Bonchev–Trinajstić information content (AvgIpc) is 3.71. The van der Waals surface area contributed by atoms with E-state index in [1.54, 1.807) is 24.5 Å². The number of H-pyrrole nitrogens is 2. The van der Waals surface area contributed by atoms with Gasteiger partial charge in [-0.05, 0) is 61.0 Å². The molecule has 0 unspecified atom stereocenters. The van der Waals surface area contributed by atoms with E-state index in [0.29, 0.717) is 11.3 Å². The first-order valence-electron chi connectivity index (χ1n) is 12.6. The standard InChI is InChI=1S/C31H23N7O/c1-19-17-38(18-33-19)29-9-5-8-26-24(29)14-28(35-26)30-25-13-21(10-11-27(25)36-37-30)22-12-23(16-32-15-22)34-31(39)20-6-3-2-4-7-20/h2-18,35H,1H3,(H,34,39)(H,36,37). The van der Waals surface area contributed by atoms with Crippen LogP contribution >= 0.6 is 0 Å². The Kier molecular flexibility index (Phi) is 5.30. The van der Waals surface area contributed by atoms with E-state index in [4.69, 9.17) is 0 Å². The van der Waals surface area contributed by atoms with Crippen molar-refractivity contribution < 1.29 is 4.79 Å². The number of amides is 1. The van der Waals surface area contributed by atoms with Gasteiger partial charge in [-0.1, -0.05) is 30.3 Å². The average molecular weight is 510 g/mol. The molecule has 188 valence electrons. The van der Waals surface area contributed by atoms with Gasteiger partial charge in [-0.2, -0.15) is 5.10 Å². The molecule has 4 aromatic heterocycles. The number of carbonyl (C=O) groups is 1. The number of hydrogen-bond acceptors (Lipinski definition) is 4. The topological polar surface area (TPSA) is 104 Å². The number of aryl methyl sites for hydroxylation is 1. The van der Waals surface area contributed by atoms with Crippen LogP contribution in [0, 0.1) is 6.92 Å². The van der Waals surface area contributed by atoms with E-state index in [1.165, 1.54) is 0 Å². The van der Waals surface area contributed by atoms with E-state index in [9.17, 15) is 4.79 Å². The Hall–Kier alpha value is -5.50. The van der Waals surface area contributed by atoms with Crippen LogP contribution in [-0.2, 0) is 0 Å². The van der Waals surface area contributed by atoms with Gasteiger partial charge in [0.1, 0.15) is 5.69 Å². The van der Waals surface area contributed by atoms with Crippen LogP contribution in [0.2, 0.25) is 0 Å². The number of nitrogens with zero attached hydrogens (tertiary/aromatic N) is 4. The number of benzene rings is 3. The van der Waals surface area contributed by atoms with Crippen LogP contribution in [0.15, 0.2) is 104 Å².